The van der Waals surface area contributed by atoms with Gasteiger partial charge in [-0.2, -0.15) is 0 Å². The molecule has 0 atom stereocenters. The number of anilines is 2. The summed E-state index contributed by atoms with van der Waals surface area (Å²) in [6.45, 7) is 2.28. The van der Waals surface area contributed by atoms with Crippen molar-refractivity contribution in [3.63, 3.8) is 0 Å². The molecule has 3 aromatic rings. The van der Waals surface area contributed by atoms with Crippen LogP contribution in [-0.2, 0) is 11.3 Å². The first-order valence-corrected chi connectivity index (χ1v) is 8.82. The third kappa shape index (κ3) is 3.61. The van der Waals surface area contributed by atoms with Gasteiger partial charge in [0.2, 0.25) is 0 Å². The first-order valence-electron chi connectivity index (χ1n) is 8.82. The van der Waals surface area contributed by atoms with Gasteiger partial charge >= 0.3 is 6.09 Å². The van der Waals surface area contributed by atoms with Crippen molar-refractivity contribution in [2.75, 3.05) is 10.6 Å². The van der Waals surface area contributed by atoms with Crippen LogP contribution in [-0.4, -0.2) is 17.1 Å². The minimum Gasteiger partial charge on any atom is -0.444 e. The second-order valence-corrected chi connectivity index (χ2v) is 6.64. The second kappa shape index (κ2) is 7.04. The molecule has 1 aromatic heterocycles. The molecule has 0 aliphatic heterocycles. The number of amides is 1. The number of hydrogen-bond donors (Lipinski definition) is 2. The molecule has 0 spiro atoms. The maximum atomic E-state index is 12.2. The summed E-state index contributed by atoms with van der Waals surface area (Å²) in [6, 6.07) is 14.1. The Morgan fingerprint density at radius 3 is 2.77 bits per heavy atom. The highest BCUT2D eigenvalue weighted by atomic mass is 16.5. The van der Waals surface area contributed by atoms with Crippen molar-refractivity contribution in [1.29, 1.82) is 0 Å². The van der Waals surface area contributed by atoms with Gasteiger partial charge in [0.15, 0.2) is 0 Å². The largest absolute Gasteiger partial charge is 0.444 e. The summed E-state index contributed by atoms with van der Waals surface area (Å²) in [4.78, 5) is 16.5. The van der Waals surface area contributed by atoms with E-state index in [1.165, 1.54) is 12.8 Å². The number of rotatable bonds is 5. The summed E-state index contributed by atoms with van der Waals surface area (Å²) in [5.74, 6) is 0. The number of carbonyl (C=O) groups is 1. The number of nitrogens with zero attached hydrogens (tertiary/aromatic N) is 1. The molecular formula is C21H21N3O2. The summed E-state index contributed by atoms with van der Waals surface area (Å²) < 4.78 is 5.34. The van der Waals surface area contributed by atoms with Gasteiger partial charge in [0.25, 0.3) is 0 Å². The number of benzene rings is 2. The molecule has 1 amide bonds. The average molecular weight is 347 g/mol. The fourth-order valence-corrected chi connectivity index (χ4v) is 3.00. The van der Waals surface area contributed by atoms with Crippen molar-refractivity contribution in [3.8, 4) is 0 Å². The Morgan fingerprint density at radius 2 is 2.00 bits per heavy atom. The minimum atomic E-state index is -0.464. The Kier molecular flexibility index (Phi) is 4.44. The highest BCUT2D eigenvalue weighted by molar-refractivity contribution is 6.06. The van der Waals surface area contributed by atoms with Gasteiger partial charge in [0.1, 0.15) is 6.61 Å². The number of aryl methyl sites for hydroxylation is 1. The quantitative estimate of drug-likeness (QED) is 0.691. The molecule has 5 nitrogen and oxygen atoms in total. The van der Waals surface area contributed by atoms with Crippen LogP contribution in [0.3, 0.4) is 0 Å². The van der Waals surface area contributed by atoms with Gasteiger partial charge in [-0.1, -0.05) is 30.3 Å². The number of fused-ring (bicyclic) bond motifs is 1. The van der Waals surface area contributed by atoms with Gasteiger partial charge in [-0.25, -0.2) is 4.79 Å². The summed E-state index contributed by atoms with van der Waals surface area (Å²) in [5.41, 5.74) is 3.87. The fourth-order valence-electron chi connectivity index (χ4n) is 3.00. The zero-order valence-electron chi connectivity index (χ0n) is 14.7. The molecule has 1 heterocycles. The molecule has 0 saturated heterocycles. The van der Waals surface area contributed by atoms with E-state index in [0.717, 1.165) is 33.3 Å². The van der Waals surface area contributed by atoms with Crippen molar-refractivity contribution >= 4 is 28.2 Å². The number of hydrogen-bond acceptors (Lipinski definition) is 4. The van der Waals surface area contributed by atoms with Crippen molar-refractivity contribution in [3.05, 3.63) is 66.0 Å². The van der Waals surface area contributed by atoms with E-state index >= 15 is 0 Å². The van der Waals surface area contributed by atoms with Crippen molar-refractivity contribution in [2.45, 2.75) is 32.4 Å². The van der Waals surface area contributed by atoms with Crippen molar-refractivity contribution < 1.29 is 9.53 Å². The zero-order chi connectivity index (χ0) is 17.9. The normalized spacial score (nSPS) is 13.4. The maximum absolute atomic E-state index is 12.2. The van der Waals surface area contributed by atoms with E-state index in [-0.39, 0.29) is 6.61 Å². The van der Waals surface area contributed by atoms with E-state index in [1.54, 1.807) is 6.20 Å². The molecule has 2 aromatic carbocycles. The van der Waals surface area contributed by atoms with Crippen LogP contribution >= 0.6 is 0 Å². The molecule has 132 valence electrons. The zero-order valence-corrected chi connectivity index (χ0v) is 14.7. The lowest BCUT2D eigenvalue weighted by molar-refractivity contribution is 0.155. The summed E-state index contributed by atoms with van der Waals surface area (Å²) in [6.07, 6.45) is 5.52. The summed E-state index contributed by atoms with van der Waals surface area (Å²) in [5, 5.41) is 8.41. The SMILES string of the molecule is Cc1cc(NC(=O)OCc2ccccc2)c2ccncc2c1NC1CC1. The lowest BCUT2D eigenvalue weighted by Gasteiger charge is -2.16. The first kappa shape index (κ1) is 16.4. The van der Waals surface area contributed by atoms with Gasteiger partial charge in [-0.05, 0) is 43.0 Å². The maximum Gasteiger partial charge on any atom is 0.411 e. The van der Waals surface area contributed by atoms with E-state index < -0.39 is 6.09 Å². The lowest BCUT2D eigenvalue weighted by Crippen LogP contribution is -2.14. The van der Waals surface area contributed by atoms with Crippen LogP contribution in [0.25, 0.3) is 10.8 Å². The number of pyridine rings is 1. The van der Waals surface area contributed by atoms with Gasteiger partial charge in [0, 0.05) is 34.9 Å². The molecular weight excluding hydrogens is 326 g/mol. The monoisotopic (exact) mass is 347 g/mol. The topological polar surface area (TPSA) is 63.2 Å². The fraction of sp³-hybridized carbons (Fsp3) is 0.238. The van der Waals surface area contributed by atoms with Gasteiger partial charge in [0.05, 0.1) is 5.69 Å². The third-order valence-electron chi connectivity index (χ3n) is 4.51. The molecule has 1 aliphatic rings. The standard InChI is InChI=1S/C21H21N3O2/c1-14-11-19(24-21(25)26-13-15-5-3-2-4-6-15)17-9-10-22-12-18(17)20(14)23-16-7-8-16/h2-6,9-12,16,23H,7-8,13H2,1H3,(H,24,25). The van der Waals surface area contributed by atoms with Crippen LogP contribution in [0.4, 0.5) is 16.2 Å². The first-order chi connectivity index (χ1) is 12.7. The van der Waals surface area contributed by atoms with Crippen LogP contribution in [0.5, 0.6) is 0 Å². The Bertz CT molecular complexity index is 937. The van der Waals surface area contributed by atoms with E-state index in [2.05, 4.69) is 15.6 Å². The smallest absolute Gasteiger partial charge is 0.411 e. The van der Waals surface area contributed by atoms with E-state index in [1.807, 2.05) is 55.6 Å². The molecule has 1 saturated carbocycles. The molecule has 0 bridgehead atoms. The number of carbonyl (C=O) groups excluding carboxylic acids is 1. The number of nitrogens with one attached hydrogen (secondary N) is 2. The highest BCUT2D eigenvalue weighted by Gasteiger charge is 2.23. The van der Waals surface area contributed by atoms with Crippen LogP contribution in [0.2, 0.25) is 0 Å². The number of ether oxygens (including phenoxy) is 1. The highest BCUT2D eigenvalue weighted by Crippen LogP contribution is 2.36. The van der Waals surface area contributed by atoms with E-state index in [9.17, 15) is 4.79 Å². The van der Waals surface area contributed by atoms with Crippen LogP contribution in [0.15, 0.2) is 54.9 Å². The van der Waals surface area contributed by atoms with Crippen LogP contribution < -0.4 is 10.6 Å². The van der Waals surface area contributed by atoms with Gasteiger partial charge in [-0.15, -0.1) is 0 Å². The predicted octanol–water partition coefficient (Wildman–Crippen LogP) is 4.87. The van der Waals surface area contributed by atoms with Crippen LogP contribution in [0.1, 0.15) is 24.0 Å². The molecule has 4 rings (SSSR count). The molecule has 0 unspecified atom stereocenters. The second-order valence-electron chi connectivity index (χ2n) is 6.64. The van der Waals surface area contributed by atoms with Crippen LogP contribution in [0, 0.1) is 6.92 Å². The molecule has 26 heavy (non-hydrogen) atoms. The molecule has 0 radical (unpaired) electrons. The van der Waals surface area contributed by atoms with Gasteiger partial charge < -0.3 is 10.1 Å². The average Bonchev–Trinajstić information content (AvgIpc) is 3.48. The summed E-state index contributed by atoms with van der Waals surface area (Å²) >= 11 is 0. The Balaban J connectivity index is 1.55. The Morgan fingerprint density at radius 1 is 1.19 bits per heavy atom. The molecule has 2 N–H and O–H groups in total. The van der Waals surface area contributed by atoms with Gasteiger partial charge in [-0.3, -0.25) is 10.3 Å². The van der Waals surface area contributed by atoms with Crippen molar-refractivity contribution in [2.24, 2.45) is 0 Å². The predicted molar refractivity (Wildman–Crippen MR) is 103 cm³/mol. The number of aromatic nitrogens is 1. The molecule has 1 aliphatic carbocycles. The van der Waals surface area contributed by atoms with E-state index in [4.69, 9.17) is 4.74 Å². The lowest BCUT2D eigenvalue weighted by atomic mass is 10.0. The molecule has 5 heteroatoms. The Hall–Kier alpha value is -3.08. The third-order valence-corrected chi connectivity index (χ3v) is 4.51. The van der Waals surface area contributed by atoms with Crippen molar-refractivity contribution in [1.82, 2.24) is 4.98 Å². The minimum absolute atomic E-state index is 0.243. The van der Waals surface area contributed by atoms with E-state index in [0.29, 0.717) is 6.04 Å². The molecule has 1 fully saturated rings. The summed E-state index contributed by atoms with van der Waals surface area (Å²) in [7, 11) is 0. The Labute approximate surface area is 152 Å².